The summed E-state index contributed by atoms with van der Waals surface area (Å²) >= 11 is 5.86. The minimum Gasteiger partial charge on any atom is -0.467 e. The molecule has 0 unspecified atom stereocenters. The van der Waals surface area contributed by atoms with Gasteiger partial charge in [0.05, 0.1) is 0 Å². The van der Waals surface area contributed by atoms with Crippen LogP contribution in [0.25, 0.3) is 0 Å². The number of hydrogen-bond acceptors (Lipinski definition) is 5. The Bertz CT molecular complexity index is 774. The highest BCUT2D eigenvalue weighted by Gasteiger charge is 2.19. The van der Waals surface area contributed by atoms with Crippen molar-refractivity contribution in [2.75, 3.05) is 24.6 Å². The van der Waals surface area contributed by atoms with E-state index in [0.717, 1.165) is 43.1 Å². The average Bonchev–Trinajstić information content (AvgIpc) is 2.66. The van der Waals surface area contributed by atoms with E-state index >= 15 is 0 Å². The quantitative estimate of drug-likeness (QED) is 0.821. The Balaban J connectivity index is 1.52. The molecule has 1 aliphatic heterocycles. The molecule has 2 aromatic rings. The van der Waals surface area contributed by atoms with Gasteiger partial charge in [-0.05, 0) is 43.4 Å². The van der Waals surface area contributed by atoms with Crippen LogP contribution in [0.4, 0.5) is 5.95 Å². The van der Waals surface area contributed by atoms with Gasteiger partial charge in [0.15, 0.2) is 6.61 Å². The number of amides is 1. The van der Waals surface area contributed by atoms with Crippen molar-refractivity contribution in [2.24, 2.45) is 5.92 Å². The van der Waals surface area contributed by atoms with Crippen molar-refractivity contribution in [3.63, 3.8) is 0 Å². The van der Waals surface area contributed by atoms with E-state index in [2.05, 4.69) is 27.1 Å². The summed E-state index contributed by atoms with van der Waals surface area (Å²) < 4.78 is 5.60. The summed E-state index contributed by atoms with van der Waals surface area (Å²) in [5.74, 6) is 1.65. The van der Waals surface area contributed by atoms with E-state index in [1.165, 1.54) is 0 Å². The van der Waals surface area contributed by atoms with Gasteiger partial charge >= 0.3 is 0 Å². The van der Waals surface area contributed by atoms with E-state index in [-0.39, 0.29) is 12.5 Å². The minimum absolute atomic E-state index is 0.0828. The summed E-state index contributed by atoms with van der Waals surface area (Å²) in [6.07, 6.45) is 2.28. The zero-order valence-electron chi connectivity index (χ0n) is 15.7. The highest BCUT2D eigenvalue weighted by atomic mass is 35.5. The Hall–Kier alpha value is -2.34. The molecule has 2 heterocycles. The lowest BCUT2D eigenvalue weighted by atomic mass is 10.00. The molecule has 0 spiro atoms. The Morgan fingerprint density at radius 1 is 1.26 bits per heavy atom. The van der Waals surface area contributed by atoms with Crippen molar-refractivity contribution >= 4 is 23.5 Å². The number of nitrogens with zero attached hydrogens (tertiary/aromatic N) is 3. The van der Waals surface area contributed by atoms with E-state index < -0.39 is 0 Å². The highest BCUT2D eigenvalue weighted by molar-refractivity contribution is 6.30. The number of halogens is 1. The van der Waals surface area contributed by atoms with Crippen LogP contribution in [0.1, 0.15) is 31.0 Å². The van der Waals surface area contributed by atoms with Crippen molar-refractivity contribution in [2.45, 2.75) is 33.2 Å². The maximum absolute atomic E-state index is 12.0. The summed E-state index contributed by atoms with van der Waals surface area (Å²) in [6, 6.07) is 9.10. The van der Waals surface area contributed by atoms with Crippen LogP contribution in [0.2, 0.25) is 5.02 Å². The molecule has 0 bridgehead atoms. The zero-order chi connectivity index (χ0) is 19.2. The number of aromatic nitrogens is 2. The van der Waals surface area contributed by atoms with Crippen molar-refractivity contribution in [1.29, 1.82) is 0 Å². The molecule has 0 aliphatic carbocycles. The molecule has 1 saturated heterocycles. The lowest BCUT2D eigenvalue weighted by Gasteiger charge is -2.30. The predicted molar refractivity (Wildman–Crippen MR) is 106 cm³/mol. The number of ether oxygens (including phenoxy) is 1. The van der Waals surface area contributed by atoms with Gasteiger partial charge in [-0.15, -0.1) is 0 Å². The van der Waals surface area contributed by atoms with Crippen LogP contribution in [0.3, 0.4) is 0 Å². The Morgan fingerprint density at radius 3 is 2.67 bits per heavy atom. The summed E-state index contributed by atoms with van der Waals surface area (Å²) in [7, 11) is 0. The van der Waals surface area contributed by atoms with Gasteiger partial charge in [0.2, 0.25) is 11.8 Å². The number of carbonyl (C=O) groups is 1. The average molecular weight is 389 g/mol. The van der Waals surface area contributed by atoms with Gasteiger partial charge in [0.25, 0.3) is 5.91 Å². The van der Waals surface area contributed by atoms with Crippen molar-refractivity contribution < 1.29 is 9.53 Å². The number of hydrogen-bond donors (Lipinski definition) is 1. The van der Waals surface area contributed by atoms with Gasteiger partial charge < -0.3 is 15.0 Å². The Kier molecular flexibility index (Phi) is 6.50. The molecular formula is C20H25ClN4O2. The van der Waals surface area contributed by atoms with Crippen LogP contribution >= 0.6 is 11.6 Å². The third-order valence-electron chi connectivity index (χ3n) is 4.64. The molecule has 27 heavy (non-hydrogen) atoms. The molecule has 1 fully saturated rings. The number of rotatable bonds is 6. The smallest absolute Gasteiger partial charge is 0.258 e. The third kappa shape index (κ3) is 5.82. The molecule has 0 atom stereocenters. The molecule has 6 nitrogen and oxygen atoms in total. The minimum atomic E-state index is -0.199. The molecule has 1 aliphatic rings. The molecule has 0 saturated carbocycles. The van der Waals surface area contributed by atoms with Gasteiger partial charge in [0.1, 0.15) is 0 Å². The Labute approximate surface area is 164 Å². The second-order valence-electron chi connectivity index (χ2n) is 7.01. The number of nitrogens with one attached hydrogen (secondary N) is 1. The summed E-state index contributed by atoms with van der Waals surface area (Å²) in [5.41, 5.74) is 1.81. The maximum atomic E-state index is 12.0. The van der Waals surface area contributed by atoms with Gasteiger partial charge in [-0.3, -0.25) is 4.79 Å². The second kappa shape index (κ2) is 9.04. The first-order valence-electron chi connectivity index (χ1n) is 9.24. The molecule has 1 aromatic carbocycles. The summed E-state index contributed by atoms with van der Waals surface area (Å²) in [5, 5.41) is 3.50. The fourth-order valence-electron chi connectivity index (χ4n) is 2.94. The van der Waals surface area contributed by atoms with Crippen LogP contribution in [0.15, 0.2) is 30.3 Å². The first kappa shape index (κ1) is 19.4. The fraction of sp³-hybridized carbons (Fsp3) is 0.450. The topological polar surface area (TPSA) is 67.3 Å². The number of carbonyl (C=O) groups excluding carboxylic acids is 1. The van der Waals surface area contributed by atoms with Crippen LogP contribution in [-0.2, 0) is 11.3 Å². The monoisotopic (exact) mass is 388 g/mol. The molecule has 1 amide bonds. The van der Waals surface area contributed by atoms with Gasteiger partial charge in [-0.25, -0.2) is 4.98 Å². The maximum Gasteiger partial charge on any atom is 0.258 e. The molecule has 1 aromatic heterocycles. The molecule has 0 radical (unpaired) electrons. The Morgan fingerprint density at radius 2 is 1.96 bits per heavy atom. The fourth-order valence-corrected chi connectivity index (χ4v) is 3.07. The molecular weight excluding hydrogens is 364 g/mol. The standard InChI is InChI=1S/C20H25ClN4O2/c1-14-7-9-25(10-8-14)20-23-15(2)11-19(24-20)27-13-18(26)22-12-16-3-5-17(21)6-4-16/h3-6,11,14H,7-10,12-13H2,1-2H3,(H,22,26). The van der Waals surface area contributed by atoms with Gasteiger partial charge in [0, 0.05) is 36.4 Å². The summed E-state index contributed by atoms with van der Waals surface area (Å²) in [6.45, 7) is 6.42. The molecule has 3 rings (SSSR count). The number of anilines is 1. The van der Waals surface area contributed by atoms with E-state index in [4.69, 9.17) is 16.3 Å². The van der Waals surface area contributed by atoms with Crippen LogP contribution in [-0.4, -0.2) is 35.6 Å². The van der Waals surface area contributed by atoms with E-state index in [9.17, 15) is 4.79 Å². The predicted octanol–water partition coefficient (Wildman–Crippen LogP) is 3.37. The first-order valence-corrected chi connectivity index (χ1v) is 9.62. The van der Waals surface area contributed by atoms with Crippen LogP contribution in [0.5, 0.6) is 5.88 Å². The van der Waals surface area contributed by atoms with Crippen molar-refractivity contribution in [1.82, 2.24) is 15.3 Å². The first-order chi connectivity index (χ1) is 13.0. The summed E-state index contributed by atoms with van der Waals surface area (Å²) in [4.78, 5) is 23.2. The van der Waals surface area contributed by atoms with Gasteiger partial charge in [-0.1, -0.05) is 30.7 Å². The number of piperidine rings is 1. The van der Waals surface area contributed by atoms with Crippen LogP contribution < -0.4 is 15.0 Å². The van der Waals surface area contributed by atoms with Crippen LogP contribution in [0, 0.1) is 12.8 Å². The SMILES string of the molecule is Cc1cc(OCC(=O)NCc2ccc(Cl)cc2)nc(N2CCC(C)CC2)n1. The zero-order valence-corrected chi connectivity index (χ0v) is 16.5. The lowest BCUT2D eigenvalue weighted by molar-refractivity contribution is -0.123. The van der Waals surface area contributed by atoms with E-state index in [1.54, 1.807) is 18.2 Å². The largest absolute Gasteiger partial charge is 0.467 e. The second-order valence-corrected chi connectivity index (χ2v) is 7.45. The normalized spacial score (nSPS) is 14.9. The van der Waals surface area contributed by atoms with E-state index in [1.807, 2.05) is 19.1 Å². The van der Waals surface area contributed by atoms with Crippen molar-refractivity contribution in [3.05, 3.63) is 46.6 Å². The van der Waals surface area contributed by atoms with E-state index in [0.29, 0.717) is 23.4 Å². The highest BCUT2D eigenvalue weighted by Crippen LogP contribution is 2.22. The lowest BCUT2D eigenvalue weighted by Crippen LogP contribution is -2.34. The van der Waals surface area contributed by atoms with Crippen molar-refractivity contribution in [3.8, 4) is 5.88 Å². The third-order valence-corrected chi connectivity index (χ3v) is 4.89. The van der Waals surface area contributed by atoms with Gasteiger partial charge in [-0.2, -0.15) is 4.98 Å². The number of aryl methyl sites for hydroxylation is 1. The molecule has 1 N–H and O–H groups in total. The molecule has 7 heteroatoms. The number of benzene rings is 1. The molecule has 144 valence electrons.